The van der Waals surface area contributed by atoms with Crippen LogP contribution in [0.2, 0.25) is 0 Å². The van der Waals surface area contributed by atoms with Crippen LogP contribution in [-0.4, -0.2) is 30.3 Å². The van der Waals surface area contributed by atoms with Gasteiger partial charge in [-0.1, -0.05) is 11.3 Å². The smallest absolute Gasteiger partial charge is 0.182 e. The van der Waals surface area contributed by atoms with Crippen molar-refractivity contribution in [1.82, 2.24) is 4.98 Å². The normalized spacial score (nSPS) is 11.8. The molecule has 1 aromatic rings. The monoisotopic (exact) mass is 258 g/mol. The van der Waals surface area contributed by atoms with Gasteiger partial charge >= 0.3 is 0 Å². The molecule has 0 bridgehead atoms. The first kappa shape index (κ1) is 14.4. The summed E-state index contributed by atoms with van der Waals surface area (Å²) in [6.07, 6.45) is 1.85. The number of nitrogens with zero attached hydrogens (tertiary/aromatic N) is 1. The van der Waals surface area contributed by atoms with Gasteiger partial charge in [-0.15, -0.1) is 0 Å². The first-order chi connectivity index (χ1) is 8.01. The third kappa shape index (κ3) is 6.61. The van der Waals surface area contributed by atoms with Crippen molar-refractivity contribution in [2.75, 3.05) is 25.1 Å². The molecule has 0 fully saturated rings. The summed E-state index contributed by atoms with van der Waals surface area (Å²) in [5.41, 5.74) is -0.0912. The number of aromatic nitrogens is 1. The molecular weight excluding hydrogens is 236 g/mol. The van der Waals surface area contributed by atoms with Gasteiger partial charge in [-0.05, 0) is 27.7 Å². The highest BCUT2D eigenvalue weighted by atomic mass is 32.1. The molecule has 0 radical (unpaired) electrons. The topological polar surface area (TPSA) is 43.4 Å². The predicted molar refractivity (Wildman–Crippen MR) is 71.6 cm³/mol. The zero-order valence-electron chi connectivity index (χ0n) is 11.1. The molecule has 0 atom stereocenters. The summed E-state index contributed by atoms with van der Waals surface area (Å²) in [6.45, 7) is 10.9. The molecule has 5 heteroatoms. The maximum Gasteiger partial charge on any atom is 0.182 e. The van der Waals surface area contributed by atoms with Crippen molar-refractivity contribution in [3.8, 4) is 0 Å². The number of nitrogens with one attached hydrogen (secondary N) is 1. The standard InChI is InChI=1S/C12H22N2O2S/c1-5-13-11-14-8-10(17-11)9-15-6-7-16-12(2,3)4/h8H,5-7,9H2,1-4H3,(H,13,14). The van der Waals surface area contributed by atoms with Crippen LogP contribution < -0.4 is 5.32 Å². The van der Waals surface area contributed by atoms with Crippen LogP contribution in [0.4, 0.5) is 5.13 Å². The van der Waals surface area contributed by atoms with E-state index < -0.39 is 0 Å². The molecule has 0 aliphatic heterocycles. The van der Waals surface area contributed by atoms with E-state index in [-0.39, 0.29) is 5.60 Å². The van der Waals surface area contributed by atoms with E-state index in [1.54, 1.807) is 11.3 Å². The minimum absolute atomic E-state index is 0.0912. The van der Waals surface area contributed by atoms with Gasteiger partial charge in [0.05, 0.1) is 30.3 Å². The van der Waals surface area contributed by atoms with Gasteiger partial charge < -0.3 is 14.8 Å². The Morgan fingerprint density at radius 3 is 2.76 bits per heavy atom. The maximum atomic E-state index is 5.56. The summed E-state index contributed by atoms with van der Waals surface area (Å²) in [7, 11) is 0. The highest BCUT2D eigenvalue weighted by Crippen LogP contribution is 2.18. The van der Waals surface area contributed by atoms with E-state index >= 15 is 0 Å². The Hall–Kier alpha value is -0.650. The molecule has 1 rings (SSSR count). The van der Waals surface area contributed by atoms with E-state index in [9.17, 15) is 0 Å². The van der Waals surface area contributed by atoms with Gasteiger partial charge in [0.15, 0.2) is 5.13 Å². The number of hydrogen-bond acceptors (Lipinski definition) is 5. The first-order valence-electron chi connectivity index (χ1n) is 5.91. The summed E-state index contributed by atoms with van der Waals surface area (Å²) < 4.78 is 11.1. The largest absolute Gasteiger partial charge is 0.373 e. The second kappa shape index (κ2) is 6.93. The summed E-state index contributed by atoms with van der Waals surface area (Å²) in [4.78, 5) is 5.38. The molecule has 0 saturated heterocycles. The van der Waals surface area contributed by atoms with E-state index in [1.165, 1.54) is 0 Å². The van der Waals surface area contributed by atoms with Crippen LogP contribution in [0.15, 0.2) is 6.20 Å². The van der Waals surface area contributed by atoms with Crippen molar-refractivity contribution in [3.63, 3.8) is 0 Å². The minimum Gasteiger partial charge on any atom is -0.373 e. The average Bonchev–Trinajstić information content (AvgIpc) is 2.64. The lowest BCUT2D eigenvalue weighted by Gasteiger charge is -2.19. The lowest BCUT2D eigenvalue weighted by molar-refractivity contribution is -0.0373. The molecule has 1 heterocycles. The van der Waals surface area contributed by atoms with Gasteiger partial charge in [0.1, 0.15) is 0 Å². The Balaban J connectivity index is 2.13. The number of ether oxygens (including phenoxy) is 2. The minimum atomic E-state index is -0.0912. The summed E-state index contributed by atoms with van der Waals surface area (Å²) in [5, 5.41) is 4.13. The fourth-order valence-electron chi connectivity index (χ4n) is 1.19. The van der Waals surface area contributed by atoms with Crippen molar-refractivity contribution in [2.24, 2.45) is 0 Å². The zero-order chi connectivity index (χ0) is 12.7. The van der Waals surface area contributed by atoms with Gasteiger partial charge in [0.25, 0.3) is 0 Å². The van der Waals surface area contributed by atoms with E-state index in [0.717, 1.165) is 16.6 Å². The van der Waals surface area contributed by atoms with E-state index in [1.807, 2.05) is 27.0 Å². The van der Waals surface area contributed by atoms with Gasteiger partial charge in [-0.2, -0.15) is 0 Å². The Morgan fingerprint density at radius 2 is 2.12 bits per heavy atom. The van der Waals surface area contributed by atoms with Crippen molar-refractivity contribution < 1.29 is 9.47 Å². The third-order valence-electron chi connectivity index (χ3n) is 1.89. The van der Waals surface area contributed by atoms with Gasteiger partial charge in [0.2, 0.25) is 0 Å². The number of thiazole rings is 1. The molecule has 0 spiro atoms. The van der Waals surface area contributed by atoms with E-state index in [4.69, 9.17) is 9.47 Å². The van der Waals surface area contributed by atoms with Gasteiger partial charge in [-0.3, -0.25) is 0 Å². The molecule has 0 aromatic carbocycles. The first-order valence-corrected chi connectivity index (χ1v) is 6.73. The zero-order valence-corrected chi connectivity index (χ0v) is 11.9. The SMILES string of the molecule is CCNc1ncc(COCCOC(C)(C)C)s1. The van der Waals surface area contributed by atoms with Crippen LogP contribution in [-0.2, 0) is 16.1 Å². The Kier molecular flexibility index (Phi) is 5.88. The van der Waals surface area contributed by atoms with Crippen LogP contribution >= 0.6 is 11.3 Å². The van der Waals surface area contributed by atoms with Crippen LogP contribution in [0, 0.1) is 0 Å². The molecular formula is C12H22N2O2S. The molecule has 1 N–H and O–H groups in total. The Bertz CT molecular complexity index is 321. The van der Waals surface area contributed by atoms with Crippen molar-refractivity contribution >= 4 is 16.5 Å². The number of rotatable bonds is 7. The molecule has 0 unspecified atom stereocenters. The predicted octanol–water partition coefficient (Wildman–Crippen LogP) is 2.91. The maximum absolute atomic E-state index is 5.56. The highest BCUT2D eigenvalue weighted by Gasteiger charge is 2.09. The lowest BCUT2D eigenvalue weighted by Crippen LogP contribution is -2.21. The summed E-state index contributed by atoms with van der Waals surface area (Å²) in [6, 6.07) is 0. The average molecular weight is 258 g/mol. The quantitative estimate of drug-likeness (QED) is 0.764. The molecule has 17 heavy (non-hydrogen) atoms. The molecule has 0 aliphatic carbocycles. The third-order valence-corrected chi connectivity index (χ3v) is 2.82. The van der Waals surface area contributed by atoms with Crippen LogP contribution in [0.3, 0.4) is 0 Å². The van der Waals surface area contributed by atoms with Crippen molar-refractivity contribution in [1.29, 1.82) is 0 Å². The summed E-state index contributed by atoms with van der Waals surface area (Å²) >= 11 is 1.63. The Labute approximate surface area is 107 Å². The van der Waals surface area contributed by atoms with Crippen LogP contribution in [0.5, 0.6) is 0 Å². The molecule has 1 aromatic heterocycles. The van der Waals surface area contributed by atoms with E-state index in [2.05, 4.69) is 17.2 Å². The highest BCUT2D eigenvalue weighted by molar-refractivity contribution is 7.15. The van der Waals surface area contributed by atoms with Gasteiger partial charge in [-0.25, -0.2) is 4.98 Å². The fourth-order valence-corrected chi connectivity index (χ4v) is 2.00. The molecule has 0 saturated carbocycles. The van der Waals surface area contributed by atoms with Crippen LogP contribution in [0.1, 0.15) is 32.6 Å². The van der Waals surface area contributed by atoms with Gasteiger partial charge in [0, 0.05) is 12.7 Å². The lowest BCUT2D eigenvalue weighted by atomic mass is 10.2. The number of hydrogen-bond donors (Lipinski definition) is 1. The van der Waals surface area contributed by atoms with Crippen LogP contribution in [0.25, 0.3) is 0 Å². The second-order valence-corrected chi connectivity index (χ2v) is 5.79. The molecule has 4 nitrogen and oxygen atoms in total. The second-order valence-electron chi connectivity index (χ2n) is 4.68. The molecule has 0 aliphatic rings. The molecule has 0 amide bonds. The van der Waals surface area contributed by atoms with E-state index in [0.29, 0.717) is 19.8 Å². The van der Waals surface area contributed by atoms with Crippen molar-refractivity contribution in [3.05, 3.63) is 11.1 Å². The number of anilines is 1. The summed E-state index contributed by atoms with van der Waals surface area (Å²) in [5.74, 6) is 0. The Morgan fingerprint density at radius 1 is 1.35 bits per heavy atom. The molecule has 98 valence electrons. The fraction of sp³-hybridized carbons (Fsp3) is 0.750. The van der Waals surface area contributed by atoms with Crippen molar-refractivity contribution in [2.45, 2.75) is 39.9 Å².